The number of ether oxygens (including phenoxy) is 1. The zero-order chi connectivity index (χ0) is 15.0. The normalized spacial score (nSPS) is 14.2. The molecule has 6 heteroatoms. The molecule has 0 spiro atoms. The van der Waals surface area contributed by atoms with Crippen LogP contribution in [-0.2, 0) is 4.74 Å². The molecule has 0 bridgehead atoms. The third-order valence-corrected chi connectivity index (χ3v) is 3.35. The van der Waals surface area contributed by atoms with E-state index in [0.717, 1.165) is 25.0 Å². The summed E-state index contributed by atoms with van der Waals surface area (Å²) in [6, 6.07) is 3.47. The van der Waals surface area contributed by atoms with Gasteiger partial charge in [-0.15, -0.1) is 0 Å². The summed E-state index contributed by atoms with van der Waals surface area (Å²) >= 11 is 0. The summed E-state index contributed by atoms with van der Waals surface area (Å²) in [4.78, 5) is 12.1. The summed E-state index contributed by atoms with van der Waals surface area (Å²) in [5.74, 6) is -1.84. The molecule has 1 heterocycles. The molecule has 1 saturated carbocycles. The highest BCUT2D eigenvalue weighted by molar-refractivity contribution is 5.97. The van der Waals surface area contributed by atoms with Crippen LogP contribution in [0, 0.1) is 11.6 Å². The topological polar surface area (TPSA) is 52.3 Å². The predicted octanol–water partition coefficient (Wildman–Crippen LogP) is 3.67. The third-order valence-electron chi connectivity index (χ3n) is 3.35. The van der Waals surface area contributed by atoms with Gasteiger partial charge in [-0.1, -0.05) is 11.2 Å². The molecule has 0 aliphatic heterocycles. The highest BCUT2D eigenvalue weighted by Gasteiger charge is 2.37. The number of hydrogen-bond donors (Lipinski definition) is 0. The first-order valence-electron chi connectivity index (χ1n) is 6.74. The van der Waals surface area contributed by atoms with Crippen molar-refractivity contribution < 1.29 is 22.8 Å². The van der Waals surface area contributed by atoms with Crippen molar-refractivity contribution in [1.82, 2.24) is 5.16 Å². The Bertz CT molecular complexity index is 672. The van der Waals surface area contributed by atoms with Gasteiger partial charge in [-0.05, 0) is 31.9 Å². The van der Waals surface area contributed by atoms with Crippen LogP contribution in [0.3, 0.4) is 0 Å². The monoisotopic (exact) mass is 293 g/mol. The average Bonchev–Trinajstić information content (AvgIpc) is 3.19. The third kappa shape index (κ3) is 2.41. The molecule has 1 aromatic heterocycles. The summed E-state index contributed by atoms with van der Waals surface area (Å²) in [5, 5.41) is 3.72. The molecule has 21 heavy (non-hydrogen) atoms. The molecule has 1 fully saturated rings. The Morgan fingerprint density at radius 1 is 1.38 bits per heavy atom. The lowest BCUT2D eigenvalue weighted by Crippen LogP contribution is -2.08. The molecule has 110 valence electrons. The van der Waals surface area contributed by atoms with E-state index in [2.05, 4.69) is 5.16 Å². The van der Waals surface area contributed by atoms with E-state index in [1.54, 1.807) is 6.92 Å². The first-order chi connectivity index (χ1) is 10.1. The van der Waals surface area contributed by atoms with Gasteiger partial charge in [-0.2, -0.15) is 0 Å². The van der Waals surface area contributed by atoms with Crippen molar-refractivity contribution in [2.24, 2.45) is 0 Å². The van der Waals surface area contributed by atoms with Crippen LogP contribution in [0.2, 0.25) is 0 Å². The van der Waals surface area contributed by atoms with Crippen molar-refractivity contribution in [3.63, 3.8) is 0 Å². The summed E-state index contributed by atoms with van der Waals surface area (Å²) in [6.07, 6.45) is 1.72. The maximum atomic E-state index is 13.9. The number of benzene rings is 1. The number of aromatic nitrogens is 1. The Morgan fingerprint density at radius 2 is 2.05 bits per heavy atom. The van der Waals surface area contributed by atoms with Gasteiger partial charge in [-0.25, -0.2) is 13.6 Å². The molecule has 1 aromatic carbocycles. The van der Waals surface area contributed by atoms with Crippen molar-refractivity contribution in [2.75, 3.05) is 6.61 Å². The van der Waals surface area contributed by atoms with E-state index in [4.69, 9.17) is 9.26 Å². The van der Waals surface area contributed by atoms with Crippen LogP contribution >= 0.6 is 0 Å². The van der Waals surface area contributed by atoms with Gasteiger partial charge in [0.05, 0.1) is 12.2 Å². The van der Waals surface area contributed by atoms with Gasteiger partial charge >= 0.3 is 5.97 Å². The standard InChI is InChI=1S/C15H13F2NO3/c1-2-20-15(19)12-13(18-21-14(12)8-6-7-8)11-9(16)4-3-5-10(11)17/h3-5,8H,2,6-7H2,1H3. The van der Waals surface area contributed by atoms with Crippen molar-refractivity contribution in [3.8, 4) is 11.3 Å². The molecule has 2 aromatic rings. The molecular weight excluding hydrogens is 280 g/mol. The van der Waals surface area contributed by atoms with Crippen LogP contribution in [-0.4, -0.2) is 17.7 Å². The molecule has 0 atom stereocenters. The molecule has 4 nitrogen and oxygen atoms in total. The van der Waals surface area contributed by atoms with Gasteiger partial charge in [0.25, 0.3) is 0 Å². The Labute approximate surface area is 119 Å². The van der Waals surface area contributed by atoms with Gasteiger partial charge < -0.3 is 9.26 Å². The lowest BCUT2D eigenvalue weighted by atomic mass is 10.0. The minimum Gasteiger partial charge on any atom is -0.462 e. The maximum Gasteiger partial charge on any atom is 0.344 e. The van der Waals surface area contributed by atoms with Crippen molar-refractivity contribution >= 4 is 5.97 Å². The van der Waals surface area contributed by atoms with E-state index in [9.17, 15) is 13.6 Å². The van der Waals surface area contributed by atoms with Crippen LogP contribution < -0.4 is 0 Å². The maximum absolute atomic E-state index is 13.9. The molecule has 0 radical (unpaired) electrons. The fourth-order valence-electron chi connectivity index (χ4n) is 2.22. The number of nitrogens with zero attached hydrogens (tertiary/aromatic N) is 1. The van der Waals surface area contributed by atoms with E-state index in [1.165, 1.54) is 6.07 Å². The van der Waals surface area contributed by atoms with Crippen LogP contribution in [0.15, 0.2) is 22.7 Å². The minimum absolute atomic E-state index is 0.0309. The molecule has 1 aliphatic rings. The number of rotatable bonds is 4. The predicted molar refractivity (Wildman–Crippen MR) is 69.8 cm³/mol. The second-order valence-corrected chi connectivity index (χ2v) is 4.86. The zero-order valence-corrected chi connectivity index (χ0v) is 11.4. The summed E-state index contributed by atoms with van der Waals surface area (Å²) < 4.78 is 38.0. The van der Waals surface area contributed by atoms with Crippen molar-refractivity contribution in [1.29, 1.82) is 0 Å². The van der Waals surface area contributed by atoms with Crippen molar-refractivity contribution in [2.45, 2.75) is 25.7 Å². The molecule has 0 N–H and O–H groups in total. The molecule has 0 amide bonds. The number of carbonyl (C=O) groups is 1. The molecule has 0 saturated heterocycles. The largest absolute Gasteiger partial charge is 0.462 e. The highest BCUT2D eigenvalue weighted by Crippen LogP contribution is 2.44. The van der Waals surface area contributed by atoms with Crippen LogP contribution in [0.4, 0.5) is 8.78 Å². The number of esters is 1. The Balaban J connectivity index is 2.16. The Hall–Kier alpha value is -2.24. The van der Waals surface area contributed by atoms with Gasteiger partial charge in [-0.3, -0.25) is 0 Å². The lowest BCUT2D eigenvalue weighted by molar-refractivity contribution is 0.0524. The van der Waals surface area contributed by atoms with Gasteiger partial charge in [0.15, 0.2) is 5.76 Å². The van der Waals surface area contributed by atoms with E-state index >= 15 is 0 Å². The molecular formula is C15H13F2NO3. The Morgan fingerprint density at radius 3 is 2.62 bits per heavy atom. The first-order valence-corrected chi connectivity index (χ1v) is 6.74. The quantitative estimate of drug-likeness (QED) is 0.807. The molecule has 3 rings (SSSR count). The first kappa shape index (κ1) is 13.7. The Kier molecular flexibility index (Phi) is 3.45. The average molecular weight is 293 g/mol. The molecule has 1 aliphatic carbocycles. The van der Waals surface area contributed by atoms with E-state index in [1.807, 2.05) is 0 Å². The lowest BCUT2D eigenvalue weighted by Gasteiger charge is -2.05. The summed E-state index contributed by atoms with van der Waals surface area (Å²) in [7, 11) is 0. The summed E-state index contributed by atoms with van der Waals surface area (Å²) in [6.45, 7) is 1.82. The van der Waals surface area contributed by atoms with Gasteiger partial charge in [0.1, 0.15) is 22.9 Å². The summed E-state index contributed by atoms with van der Waals surface area (Å²) in [5.41, 5.74) is -0.467. The fourth-order valence-corrected chi connectivity index (χ4v) is 2.22. The van der Waals surface area contributed by atoms with Gasteiger partial charge in [0.2, 0.25) is 0 Å². The van der Waals surface area contributed by atoms with E-state index in [0.29, 0.717) is 5.76 Å². The van der Waals surface area contributed by atoms with Crippen LogP contribution in [0.25, 0.3) is 11.3 Å². The minimum atomic E-state index is -0.795. The fraction of sp³-hybridized carbons (Fsp3) is 0.333. The number of halogens is 2. The second kappa shape index (κ2) is 5.27. The number of hydrogen-bond acceptors (Lipinski definition) is 4. The molecule has 0 unspecified atom stereocenters. The zero-order valence-electron chi connectivity index (χ0n) is 11.4. The van der Waals surface area contributed by atoms with Gasteiger partial charge in [0, 0.05) is 5.92 Å². The second-order valence-electron chi connectivity index (χ2n) is 4.86. The van der Waals surface area contributed by atoms with Crippen LogP contribution in [0.1, 0.15) is 41.8 Å². The smallest absolute Gasteiger partial charge is 0.344 e. The highest BCUT2D eigenvalue weighted by atomic mass is 19.1. The van der Waals surface area contributed by atoms with E-state index < -0.39 is 17.6 Å². The van der Waals surface area contributed by atoms with Crippen molar-refractivity contribution in [3.05, 3.63) is 41.2 Å². The van der Waals surface area contributed by atoms with E-state index in [-0.39, 0.29) is 29.3 Å². The van der Waals surface area contributed by atoms with Crippen LogP contribution in [0.5, 0.6) is 0 Å². The SMILES string of the molecule is CCOC(=O)c1c(-c2c(F)cccc2F)noc1C1CC1. The number of carbonyl (C=O) groups excluding carboxylic acids is 1.